The van der Waals surface area contributed by atoms with Gasteiger partial charge in [0.05, 0.1) is 0 Å². The van der Waals surface area contributed by atoms with Crippen LogP contribution in [-0.2, 0) is 9.53 Å². The van der Waals surface area contributed by atoms with Crippen molar-refractivity contribution in [3.8, 4) is 5.75 Å². The first-order valence-electron chi connectivity index (χ1n) is 7.81. The molecule has 0 amide bonds. The standard InChI is InChI=1S/C18H26O3/c1-13(19)20-17-8-6-5-7-16(17)14-9-11-15(12-10-14)21-18(2,3)4/h9-12,16-17H,5-8H2,1-4H3/t16-,17+/m1/s1. The maximum atomic E-state index is 11.3. The van der Waals surface area contributed by atoms with E-state index in [4.69, 9.17) is 9.47 Å². The highest BCUT2D eigenvalue weighted by molar-refractivity contribution is 5.66. The molecular weight excluding hydrogens is 264 g/mol. The minimum atomic E-state index is -0.188. The Morgan fingerprint density at radius 1 is 1.10 bits per heavy atom. The largest absolute Gasteiger partial charge is 0.488 e. The number of hydrogen-bond acceptors (Lipinski definition) is 3. The fraction of sp³-hybridized carbons (Fsp3) is 0.611. The number of carbonyl (C=O) groups is 1. The average molecular weight is 290 g/mol. The van der Waals surface area contributed by atoms with Gasteiger partial charge in [-0.3, -0.25) is 4.79 Å². The van der Waals surface area contributed by atoms with E-state index in [-0.39, 0.29) is 17.7 Å². The van der Waals surface area contributed by atoms with Crippen molar-refractivity contribution in [2.45, 2.75) is 71.0 Å². The predicted molar refractivity (Wildman–Crippen MR) is 83.6 cm³/mol. The molecular formula is C18H26O3. The van der Waals surface area contributed by atoms with Crippen molar-refractivity contribution in [2.75, 3.05) is 0 Å². The Labute approximate surface area is 127 Å². The van der Waals surface area contributed by atoms with Gasteiger partial charge >= 0.3 is 5.97 Å². The van der Waals surface area contributed by atoms with Gasteiger partial charge < -0.3 is 9.47 Å². The van der Waals surface area contributed by atoms with E-state index in [1.165, 1.54) is 18.9 Å². The molecule has 1 aromatic carbocycles. The topological polar surface area (TPSA) is 35.5 Å². The summed E-state index contributed by atoms with van der Waals surface area (Å²) in [5.74, 6) is 1.01. The summed E-state index contributed by atoms with van der Waals surface area (Å²) >= 11 is 0. The van der Waals surface area contributed by atoms with E-state index in [0.29, 0.717) is 5.92 Å². The molecule has 0 saturated heterocycles. The highest BCUT2D eigenvalue weighted by Gasteiger charge is 2.28. The highest BCUT2D eigenvalue weighted by Crippen LogP contribution is 2.36. The average Bonchev–Trinajstić information content (AvgIpc) is 2.38. The van der Waals surface area contributed by atoms with E-state index < -0.39 is 0 Å². The summed E-state index contributed by atoms with van der Waals surface area (Å²) in [5.41, 5.74) is 1.05. The Morgan fingerprint density at radius 3 is 2.29 bits per heavy atom. The van der Waals surface area contributed by atoms with Crippen LogP contribution in [0, 0.1) is 0 Å². The fourth-order valence-electron chi connectivity index (χ4n) is 2.97. The van der Waals surface area contributed by atoms with Crippen LogP contribution in [0.5, 0.6) is 5.75 Å². The first-order valence-corrected chi connectivity index (χ1v) is 7.81. The lowest BCUT2D eigenvalue weighted by atomic mass is 9.81. The van der Waals surface area contributed by atoms with Gasteiger partial charge in [-0.15, -0.1) is 0 Å². The molecule has 2 atom stereocenters. The van der Waals surface area contributed by atoms with Crippen molar-refractivity contribution in [1.82, 2.24) is 0 Å². The number of hydrogen-bond donors (Lipinski definition) is 0. The third-order valence-corrected chi connectivity index (χ3v) is 3.75. The zero-order valence-corrected chi connectivity index (χ0v) is 13.5. The molecule has 0 aliphatic heterocycles. The van der Waals surface area contributed by atoms with Gasteiger partial charge in [-0.05, 0) is 57.7 Å². The number of rotatable bonds is 3. The van der Waals surface area contributed by atoms with Crippen LogP contribution in [0.2, 0.25) is 0 Å². The van der Waals surface area contributed by atoms with E-state index in [9.17, 15) is 4.79 Å². The monoisotopic (exact) mass is 290 g/mol. The van der Waals surface area contributed by atoms with Crippen molar-refractivity contribution in [1.29, 1.82) is 0 Å². The maximum absolute atomic E-state index is 11.3. The molecule has 1 fully saturated rings. The lowest BCUT2D eigenvalue weighted by molar-refractivity contribution is -0.148. The Balaban J connectivity index is 2.10. The van der Waals surface area contributed by atoms with Gasteiger partial charge in [0.25, 0.3) is 0 Å². The van der Waals surface area contributed by atoms with Crippen LogP contribution < -0.4 is 4.74 Å². The molecule has 0 N–H and O–H groups in total. The van der Waals surface area contributed by atoms with Crippen LogP contribution in [0.25, 0.3) is 0 Å². The minimum absolute atomic E-state index is 0.0191. The van der Waals surface area contributed by atoms with Gasteiger partial charge in [0.1, 0.15) is 17.5 Å². The number of ether oxygens (including phenoxy) is 2. The molecule has 1 aromatic rings. The van der Waals surface area contributed by atoms with Crippen LogP contribution in [0.15, 0.2) is 24.3 Å². The van der Waals surface area contributed by atoms with Gasteiger partial charge in [-0.25, -0.2) is 0 Å². The van der Waals surface area contributed by atoms with E-state index >= 15 is 0 Å². The zero-order valence-electron chi connectivity index (χ0n) is 13.5. The van der Waals surface area contributed by atoms with Crippen LogP contribution in [0.3, 0.4) is 0 Å². The minimum Gasteiger partial charge on any atom is -0.488 e. The van der Waals surface area contributed by atoms with E-state index in [2.05, 4.69) is 12.1 Å². The summed E-state index contributed by atoms with van der Waals surface area (Å²) in [4.78, 5) is 11.3. The molecule has 116 valence electrons. The Bertz CT molecular complexity index is 470. The maximum Gasteiger partial charge on any atom is 0.302 e. The zero-order chi connectivity index (χ0) is 15.5. The number of esters is 1. The second-order valence-electron chi connectivity index (χ2n) is 6.82. The molecule has 2 rings (SSSR count). The van der Waals surface area contributed by atoms with Crippen LogP contribution in [0.4, 0.5) is 0 Å². The normalized spacial score (nSPS) is 22.7. The molecule has 0 radical (unpaired) electrons. The highest BCUT2D eigenvalue weighted by atomic mass is 16.5. The van der Waals surface area contributed by atoms with Crippen molar-refractivity contribution >= 4 is 5.97 Å². The SMILES string of the molecule is CC(=O)O[C@H]1CCCC[C@@H]1c1ccc(OC(C)(C)C)cc1. The van der Waals surface area contributed by atoms with Crippen molar-refractivity contribution in [3.05, 3.63) is 29.8 Å². The van der Waals surface area contributed by atoms with Crippen LogP contribution >= 0.6 is 0 Å². The summed E-state index contributed by atoms with van der Waals surface area (Å²) in [6.45, 7) is 7.61. The molecule has 0 bridgehead atoms. The first kappa shape index (κ1) is 15.9. The molecule has 0 spiro atoms. The Hall–Kier alpha value is -1.51. The Morgan fingerprint density at radius 2 is 1.71 bits per heavy atom. The van der Waals surface area contributed by atoms with E-state index in [1.807, 2.05) is 32.9 Å². The molecule has 3 heteroatoms. The first-order chi connectivity index (χ1) is 9.85. The number of benzene rings is 1. The van der Waals surface area contributed by atoms with Crippen LogP contribution in [-0.4, -0.2) is 17.7 Å². The second-order valence-corrected chi connectivity index (χ2v) is 6.82. The molecule has 21 heavy (non-hydrogen) atoms. The quantitative estimate of drug-likeness (QED) is 0.771. The van der Waals surface area contributed by atoms with E-state index in [1.54, 1.807) is 0 Å². The third kappa shape index (κ3) is 4.76. The third-order valence-electron chi connectivity index (χ3n) is 3.75. The molecule has 0 heterocycles. The molecule has 1 aliphatic rings. The van der Waals surface area contributed by atoms with Gasteiger partial charge in [0.2, 0.25) is 0 Å². The molecule has 3 nitrogen and oxygen atoms in total. The lowest BCUT2D eigenvalue weighted by Crippen LogP contribution is -2.28. The second kappa shape index (κ2) is 6.50. The Kier molecular flexibility index (Phi) is 4.92. The van der Waals surface area contributed by atoms with Gasteiger partial charge in [-0.1, -0.05) is 18.6 Å². The van der Waals surface area contributed by atoms with Gasteiger partial charge in [0, 0.05) is 12.8 Å². The summed E-state index contributed by atoms with van der Waals surface area (Å²) in [5, 5.41) is 0. The lowest BCUT2D eigenvalue weighted by Gasteiger charge is -2.31. The summed E-state index contributed by atoms with van der Waals surface area (Å²) in [6.07, 6.45) is 4.40. The molecule has 1 aliphatic carbocycles. The van der Waals surface area contributed by atoms with Crippen LogP contribution in [0.1, 0.15) is 64.9 Å². The fourth-order valence-corrected chi connectivity index (χ4v) is 2.97. The molecule has 0 aromatic heterocycles. The number of carbonyl (C=O) groups excluding carboxylic acids is 1. The van der Waals surface area contributed by atoms with Crippen molar-refractivity contribution < 1.29 is 14.3 Å². The van der Waals surface area contributed by atoms with Gasteiger partial charge in [-0.2, -0.15) is 0 Å². The summed E-state index contributed by atoms with van der Waals surface area (Å²) in [7, 11) is 0. The van der Waals surface area contributed by atoms with E-state index in [0.717, 1.165) is 25.0 Å². The molecule has 0 unspecified atom stereocenters. The predicted octanol–water partition coefficient (Wildman–Crippen LogP) is 4.45. The smallest absolute Gasteiger partial charge is 0.302 e. The van der Waals surface area contributed by atoms with Crippen molar-refractivity contribution in [3.63, 3.8) is 0 Å². The van der Waals surface area contributed by atoms with Crippen molar-refractivity contribution in [2.24, 2.45) is 0 Å². The van der Waals surface area contributed by atoms with Gasteiger partial charge in [0.15, 0.2) is 0 Å². The molecule has 1 saturated carbocycles. The summed E-state index contributed by atoms with van der Waals surface area (Å²) in [6, 6.07) is 8.24. The summed E-state index contributed by atoms with van der Waals surface area (Å²) < 4.78 is 11.3.